The van der Waals surface area contributed by atoms with E-state index < -0.39 is 11.6 Å². The highest BCUT2D eigenvalue weighted by Gasteiger charge is 2.34. The van der Waals surface area contributed by atoms with Crippen molar-refractivity contribution in [3.8, 4) is 0 Å². The van der Waals surface area contributed by atoms with E-state index in [0.29, 0.717) is 12.0 Å². The number of likely N-dealkylation sites (N-methyl/N-ethyl adjacent to an activating group) is 1. The highest BCUT2D eigenvalue weighted by Crippen LogP contribution is 2.28. The van der Waals surface area contributed by atoms with Crippen molar-refractivity contribution in [2.75, 3.05) is 28.4 Å². The van der Waals surface area contributed by atoms with E-state index in [1.54, 1.807) is 6.92 Å². The molecule has 0 aliphatic heterocycles. The maximum atomic E-state index is 12.9. The van der Waals surface area contributed by atoms with Gasteiger partial charge < -0.3 is 9.47 Å². The average molecular weight is 422 g/mol. The monoisotopic (exact) mass is 421 g/mol. The Kier molecular flexibility index (Phi) is 11.1. The van der Waals surface area contributed by atoms with Crippen LogP contribution >= 0.6 is 0 Å². The standard InChI is InChI=1S/C23H35NO6/c1-7-8-9-10-11-12-13-14-17(23(27)24(3)30-6)15-18-16(2)19(25)21(28-4)22(29-5)20(18)26/h15H,7-14H2,1-6H3/b17-15-. The number of hydroxylamine groups is 2. The summed E-state index contributed by atoms with van der Waals surface area (Å²) in [4.78, 5) is 43.3. The molecule has 1 amide bonds. The van der Waals surface area contributed by atoms with Gasteiger partial charge in [-0.15, -0.1) is 0 Å². The first-order chi connectivity index (χ1) is 14.3. The molecular weight excluding hydrogens is 386 g/mol. The van der Waals surface area contributed by atoms with E-state index in [-0.39, 0.29) is 28.6 Å². The van der Waals surface area contributed by atoms with Gasteiger partial charge >= 0.3 is 0 Å². The number of amides is 1. The summed E-state index contributed by atoms with van der Waals surface area (Å²) in [6.07, 6.45) is 9.74. The molecule has 0 atom stereocenters. The van der Waals surface area contributed by atoms with Crippen LogP contribution in [0.25, 0.3) is 0 Å². The van der Waals surface area contributed by atoms with Gasteiger partial charge in [0, 0.05) is 23.8 Å². The van der Waals surface area contributed by atoms with Crippen LogP contribution in [0.1, 0.15) is 65.2 Å². The lowest BCUT2D eigenvalue weighted by Gasteiger charge is -2.20. The third-order valence-corrected chi connectivity index (χ3v) is 5.22. The van der Waals surface area contributed by atoms with Crippen molar-refractivity contribution in [1.82, 2.24) is 5.06 Å². The molecular formula is C23H35NO6. The molecule has 1 aliphatic carbocycles. The molecule has 30 heavy (non-hydrogen) atoms. The highest BCUT2D eigenvalue weighted by atomic mass is 16.7. The number of Topliss-reactive ketones (excluding diaryl/α,β-unsaturated/α-hetero) is 2. The number of ether oxygens (including phenoxy) is 2. The maximum absolute atomic E-state index is 12.9. The molecule has 0 aromatic heterocycles. The van der Waals surface area contributed by atoms with E-state index in [0.717, 1.165) is 24.3 Å². The molecule has 0 bridgehead atoms. The molecule has 0 aromatic rings. The molecule has 0 heterocycles. The van der Waals surface area contributed by atoms with Crippen LogP contribution in [0.15, 0.2) is 34.3 Å². The Labute approximate surface area is 179 Å². The second-order valence-corrected chi connectivity index (χ2v) is 7.29. The van der Waals surface area contributed by atoms with Gasteiger partial charge in [0.1, 0.15) is 0 Å². The van der Waals surface area contributed by atoms with Gasteiger partial charge in [0.05, 0.1) is 21.3 Å². The Morgan fingerprint density at radius 1 is 0.900 bits per heavy atom. The Balaban J connectivity index is 3.08. The number of carbonyl (C=O) groups is 3. The van der Waals surface area contributed by atoms with Gasteiger partial charge in [0.15, 0.2) is 0 Å². The van der Waals surface area contributed by atoms with Crippen LogP contribution < -0.4 is 0 Å². The van der Waals surface area contributed by atoms with Crippen molar-refractivity contribution < 1.29 is 28.7 Å². The van der Waals surface area contributed by atoms with E-state index in [4.69, 9.17) is 14.3 Å². The van der Waals surface area contributed by atoms with E-state index in [2.05, 4.69) is 6.92 Å². The normalized spacial score (nSPS) is 15.1. The quantitative estimate of drug-likeness (QED) is 0.193. The number of carbonyl (C=O) groups excluding carboxylic acids is 3. The summed E-state index contributed by atoms with van der Waals surface area (Å²) in [6.45, 7) is 3.73. The van der Waals surface area contributed by atoms with Crippen LogP contribution in [-0.2, 0) is 28.7 Å². The summed E-state index contributed by atoms with van der Waals surface area (Å²) < 4.78 is 10.2. The Morgan fingerprint density at radius 3 is 1.97 bits per heavy atom. The van der Waals surface area contributed by atoms with E-state index in [9.17, 15) is 14.4 Å². The summed E-state index contributed by atoms with van der Waals surface area (Å²) in [5.74, 6) is -1.52. The van der Waals surface area contributed by atoms with Crippen LogP contribution in [-0.4, -0.2) is 50.9 Å². The van der Waals surface area contributed by atoms with Gasteiger partial charge in [-0.1, -0.05) is 45.4 Å². The number of ketones is 2. The Bertz CT molecular complexity index is 732. The lowest BCUT2D eigenvalue weighted by atomic mass is 9.90. The van der Waals surface area contributed by atoms with Crippen molar-refractivity contribution in [2.24, 2.45) is 0 Å². The maximum Gasteiger partial charge on any atom is 0.273 e. The number of allylic oxidation sites excluding steroid dienone is 3. The molecule has 1 rings (SSSR count). The molecule has 0 radical (unpaired) electrons. The fraction of sp³-hybridized carbons (Fsp3) is 0.609. The van der Waals surface area contributed by atoms with Gasteiger partial charge in [0.2, 0.25) is 23.1 Å². The third kappa shape index (κ3) is 6.55. The molecule has 1 aliphatic rings. The average Bonchev–Trinajstić information content (AvgIpc) is 2.75. The zero-order chi connectivity index (χ0) is 22.7. The third-order valence-electron chi connectivity index (χ3n) is 5.22. The largest absolute Gasteiger partial charge is 0.489 e. The molecule has 0 N–H and O–H groups in total. The molecule has 0 saturated carbocycles. The zero-order valence-electron chi connectivity index (χ0n) is 19.1. The first kappa shape index (κ1) is 25.6. The highest BCUT2D eigenvalue weighted by molar-refractivity contribution is 6.24. The van der Waals surface area contributed by atoms with Crippen molar-refractivity contribution in [3.63, 3.8) is 0 Å². The first-order valence-electron chi connectivity index (χ1n) is 10.5. The van der Waals surface area contributed by atoms with Crippen LogP contribution in [0.5, 0.6) is 0 Å². The summed E-state index contributed by atoms with van der Waals surface area (Å²) in [6, 6.07) is 0. The number of hydrogen-bond donors (Lipinski definition) is 0. The molecule has 7 heteroatoms. The summed E-state index contributed by atoms with van der Waals surface area (Å²) in [7, 11) is 5.54. The fourth-order valence-electron chi connectivity index (χ4n) is 3.31. The minimum Gasteiger partial charge on any atom is -0.489 e. The Morgan fingerprint density at radius 2 is 1.43 bits per heavy atom. The first-order valence-corrected chi connectivity index (χ1v) is 10.5. The van der Waals surface area contributed by atoms with Crippen LogP contribution in [0.3, 0.4) is 0 Å². The second-order valence-electron chi connectivity index (χ2n) is 7.29. The summed E-state index contributed by atoms with van der Waals surface area (Å²) in [5, 5.41) is 1.12. The lowest BCUT2D eigenvalue weighted by Crippen LogP contribution is -2.28. The van der Waals surface area contributed by atoms with E-state index >= 15 is 0 Å². The van der Waals surface area contributed by atoms with Crippen LogP contribution in [0.4, 0.5) is 0 Å². The fourth-order valence-corrected chi connectivity index (χ4v) is 3.31. The number of methoxy groups -OCH3 is 2. The van der Waals surface area contributed by atoms with Crippen LogP contribution in [0, 0.1) is 0 Å². The Hall–Kier alpha value is -2.41. The van der Waals surface area contributed by atoms with Gasteiger partial charge in [-0.2, -0.15) is 0 Å². The molecule has 0 spiro atoms. The topological polar surface area (TPSA) is 82.1 Å². The number of unbranched alkanes of at least 4 members (excludes halogenated alkanes) is 6. The van der Waals surface area contributed by atoms with Gasteiger partial charge in [-0.05, 0) is 25.8 Å². The smallest absolute Gasteiger partial charge is 0.273 e. The molecule has 0 aromatic carbocycles. The van der Waals surface area contributed by atoms with Crippen molar-refractivity contribution >= 4 is 17.5 Å². The predicted molar refractivity (Wildman–Crippen MR) is 114 cm³/mol. The van der Waals surface area contributed by atoms with Gasteiger partial charge in [0.25, 0.3) is 5.91 Å². The number of hydrogen-bond acceptors (Lipinski definition) is 6. The lowest BCUT2D eigenvalue weighted by molar-refractivity contribution is -0.164. The number of rotatable bonds is 13. The number of nitrogens with zero attached hydrogens (tertiary/aromatic N) is 1. The van der Waals surface area contributed by atoms with Crippen molar-refractivity contribution in [2.45, 2.75) is 65.2 Å². The van der Waals surface area contributed by atoms with Gasteiger partial charge in [-0.3, -0.25) is 19.2 Å². The molecule has 7 nitrogen and oxygen atoms in total. The van der Waals surface area contributed by atoms with E-state index in [1.807, 2.05) is 0 Å². The minimum absolute atomic E-state index is 0.119. The molecule has 0 saturated heterocycles. The van der Waals surface area contributed by atoms with Crippen LogP contribution in [0.2, 0.25) is 0 Å². The molecule has 0 fully saturated rings. The molecule has 168 valence electrons. The zero-order valence-corrected chi connectivity index (χ0v) is 19.1. The summed E-state index contributed by atoms with van der Waals surface area (Å²) in [5.41, 5.74) is 0.788. The van der Waals surface area contributed by atoms with Gasteiger partial charge in [-0.25, -0.2) is 5.06 Å². The summed E-state index contributed by atoms with van der Waals surface area (Å²) >= 11 is 0. The predicted octanol–water partition coefficient (Wildman–Crippen LogP) is 4.05. The van der Waals surface area contributed by atoms with Crippen molar-refractivity contribution in [1.29, 1.82) is 0 Å². The SMILES string of the molecule is CCCCCCCCC/C(=C/C1=C(C)C(=O)C(OC)=C(OC)C1=O)C(=O)N(C)OC. The van der Waals surface area contributed by atoms with Crippen molar-refractivity contribution in [3.05, 3.63) is 34.3 Å². The van der Waals surface area contributed by atoms with E-state index in [1.165, 1.54) is 60.1 Å². The second kappa shape index (κ2) is 13.0. The minimum atomic E-state index is -0.476. The molecule has 0 unspecified atom stereocenters.